The second-order valence-electron chi connectivity index (χ2n) is 4.54. The highest BCUT2D eigenvalue weighted by Crippen LogP contribution is 2.32. The number of benzene rings is 1. The lowest BCUT2D eigenvalue weighted by molar-refractivity contribution is 0.262. The Kier molecular flexibility index (Phi) is 4.69. The number of fused-ring (bicyclic) bond motifs is 1. The molecular weight excluding hydrogens is 234 g/mol. The minimum atomic E-state index is 0.423. The third-order valence-electron chi connectivity index (χ3n) is 3.41. The van der Waals surface area contributed by atoms with Gasteiger partial charge in [-0.3, -0.25) is 0 Å². The molecule has 1 aromatic rings. The Bertz CT molecular complexity index is 352. The van der Waals surface area contributed by atoms with Gasteiger partial charge in [0, 0.05) is 24.4 Å². The fourth-order valence-electron chi connectivity index (χ4n) is 2.24. The van der Waals surface area contributed by atoms with Crippen molar-refractivity contribution < 1.29 is 4.74 Å². The molecule has 2 nitrogen and oxygen atoms in total. The molecule has 0 spiro atoms. The summed E-state index contributed by atoms with van der Waals surface area (Å²) in [5, 5.41) is 3.54. The van der Waals surface area contributed by atoms with Crippen LogP contribution >= 0.6 is 11.6 Å². The molecule has 3 heteroatoms. The lowest BCUT2D eigenvalue weighted by atomic mass is 9.93. The van der Waals surface area contributed by atoms with Crippen molar-refractivity contribution in [1.29, 1.82) is 0 Å². The molecule has 0 amide bonds. The van der Waals surface area contributed by atoms with Crippen LogP contribution in [0.1, 0.15) is 31.2 Å². The van der Waals surface area contributed by atoms with Gasteiger partial charge in [0.25, 0.3) is 0 Å². The Labute approximate surface area is 108 Å². The third kappa shape index (κ3) is 3.14. The number of alkyl halides is 1. The zero-order valence-electron chi connectivity index (χ0n) is 10.3. The highest BCUT2D eigenvalue weighted by molar-refractivity contribution is 6.18. The summed E-state index contributed by atoms with van der Waals surface area (Å²) < 4.78 is 5.66. The summed E-state index contributed by atoms with van der Waals surface area (Å²) in [5.41, 5.74) is 1.33. The molecule has 1 N–H and O–H groups in total. The van der Waals surface area contributed by atoms with Crippen LogP contribution in [0, 0.1) is 0 Å². The maximum atomic E-state index is 5.90. The monoisotopic (exact) mass is 253 g/mol. The summed E-state index contributed by atoms with van der Waals surface area (Å²) in [6.45, 7) is 3.98. The van der Waals surface area contributed by atoms with E-state index in [0.29, 0.717) is 17.8 Å². The first-order valence-corrected chi connectivity index (χ1v) is 6.89. The van der Waals surface area contributed by atoms with Crippen molar-refractivity contribution in [3.8, 4) is 5.75 Å². The standard InChI is InChI=1S/C14H20ClNO/c1-2-12(9-15)16-10-11-7-8-17-14-6-4-3-5-13(11)14/h3-6,11-12,16H,2,7-10H2,1H3. The Hall–Kier alpha value is -0.730. The Morgan fingerprint density at radius 3 is 3.06 bits per heavy atom. The van der Waals surface area contributed by atoms with Crippen LogP contribution in [0.5, 0.6) is 5.75 Å². The molecule has 94 valence electrons. The van der Waals surface area contributed by atoms with E-state index in [4.69, 9.17) is 16.3 Å². The largest absolute Gasteiger partial charge is 0.493 e. The van der Waals surface area contributed by atoms with Gasteiger partial charge in [0.1, 0.15) is 5.75 Å². The number of rotatable bonds is 5. The van der Waals surface area contributed by atoms with Gasteiger partial charge in [-0.25, -0.2) is 0 Å². The van der Waals surface area contributed by atoms with Crippen molar-refractivity contribution in [2.75, 3.05) is 19.0 Å². The van der Waals surface area contributed by atoms with Gasteiger partial charge >= 0.3 is 0 Å². The molecule has 0 fully saturated rings. The van der Waals surface area contributed by atoms with Crippen LogP contribution in [0.2, 0.25) is 0 Å². The van der Waals surface area contributed by atoms with E-state index in [-0.39, 0.29) is 0 Å². The van der Waals surface area contributed by atoms with E-state index in [1.807, 2.05) is 6.07 Å². The molecule has 2 atom stereocenters. The van der Waals surface area contributed by atoms with Gasteiger partial charge in [0.2, 0.25) is 0 Å². The molecule has 17 heavy (non-hydrogen) atoms. The number of nitrogens with one attached hydrogen (secondary N) is 1. The van der Waals surface area contributed by atoms with Crippen molar-refractivity contribution in [1.82, 2.24) is 5.32 Å². The minimum Gasteiger partial charge on any atom is -0.493 e. The third-order valence-corrected chi connectivity index (χ3v) is 3.79. The van der Waals surface area contributed by atoms with Crippen molar-refractivity contribution in [2.24, 2.45) is 0 Å². The zero-order valence-corrected chi connectivity index (χ0v) is 11.0. The summed E-state index contributed by atoms with van der Waals surface area (Å²) in [7, 11) is 0. The average molecular weight is 254 g/mol. The van der Waals surface area contributed by atoms with Crippen molar-refractivity contribution in [3.63, 3.8) is 0 Å². The van der Waals surface area contributed by atoms with Gasteiger partial charge in [0.05, 0.1) is 6.61 Å². The van der Waals surface area contributed by atoms with Crippen LogP contribution in [-0.4, -0.2) is 25.1 Å². The van der Waals surface area contributed by atoms with E-state index in [0.717, 1.165) is 31.7 Å². The van der Waals surface area contributed by atoms with Crippen LogP contribution in [0.25, 0.3) is 0 Å². The number of halogens is 1. The van der Waals surface area contributed by atoms with Gasteiger partial charge < -0.3 is 10.1 Å². The molecule has 1 heterocycles. The van der Waals surface area contributed by atoms with Gasteiger partial charge in [-0.15, -0.1) is 11.6 Å². The maximum absolute atomic E-state index is 5.90. The summed E-state index contributed by atoms with van der Waals surface area (Å²) >= 11 is 5.90. The van der Waals surface area contributed by atoms with Crippen molar-refractivity contribution in [2.45, 2.75) is 31.7 Å². The fourth-order valence-corrected chi connectivity index (χ4v) is 2.57. The fraction of sp³-hybridized carbons (Fsp3) is 0.571. The second-order valence-corrected chi connectivity index (χ2v) is 4.85. The number of hydrogen-bond donors (Lipinski definition) is 1. The minimum absolute atomic E-state index is 0.423. The summed E-state index contributed by atoms with van der Waals surface area (Å²) in [6, 6.07) is 8.76. The van der Waals surface area contributed by atoms with Crippen LogP contribution in [-0.2, 0) is 0 Å². The highest BCUT2D eigenvalue weighted by Gasteiger charge is 2.21. The molecule has 0 aromatic heterocycles. The molecule has 0 radical (unpaired) electrons. The quantitative estimate of drug-likeness (QED) is 0.814. The van der Waals surface area contributed by atoms with E-state index >= 15 is 0 Å². The Morgan fingerprint density at radius 2 is 2.29 bits per heavy atom. The summed E-state index contributed by atoms with van der Waals surface area (Å²) in [4.78, 5) is 0. The highest BCUT2D eigenvalue weighted by atomic mass is 35.5. The van der Waals surface area contributed by atoms with E-state index in [1.54, 1.807) is 0 Å². The smallest absolute Gasteiger partial charge is 0.122 e. The lowest BCUT2D eigenvalue weighted by Gasteiger charge is -2.27. The molecule has 1 aliphatic rings. The molecule has 2 rings (SSSR count). The molecule has 0 aliphatic carbocycles. The first-order valence-electron chi connectivity index (χ1n) is 6.36. The van der Waals surface area contributed by atoms with Crippen molar-refractivity contribution in [3.05, 3.63) is 29.8 Å². The van der Waals surface area contributed by atoms with Gasteiger partial charge in [-0.1, -0.05) is 25.1 Å². The molecule has 1 aromatic carbocycles. The predicted molar refractivity (Wildman–Crippen MR) is 72.1 cm³/mol. The first kappa shape index (κ1) is 12.7. The predicted octanol–water partition coefficient (Wildman–Crippen LogP) is 3.16. The van der Waals surface area contributed by atoms with Crippen molar-refractivity contribution >= 4 is 11.6 Å². The van der Waals surface area contributed by atoms with E-state index in [9.17, 15) is 0 Å². The van der Waals surface area contributed by atoms with Gasteiger partial charge in [0.15, 0.2) is 0 Å². The molecule has 2 unspecified atom stereocenters. The van der Waals surface area contributed by atoms with Crippen LogP contribution in [0.4, 0.5) is 0 Å². The van der Waals surface area contributed by atoms with Crippen LogP contribution in [0.3, 0.4) is 0 Å². The van der Waals surface area contributed by atoms with E-state index < -0.39 is 0 Å². The zero-order chi connectivity index (χ0) is 12.1. The van der Waals surface area contributed by atoms with E-state index in [1.165, 1.54) is 5.56 Å². The molecule has 0 saturated heterocycles. The number of hydrogen-bond acceptors (Lipinski definition) is 2. The van der Waals surface area contributed by atoms with E-state index in [2.05, 4.69) is 30.4 Å². The summed E-state index contributed by atoms with van der Waals surface area (Å²) in [6.07, 6.45) is 2.16. The topological polar surface area (TPSA) is 21.3 Å². The van der Waals surface area contributed by atoms with Gasteiger partial charge in [-0.05, 0) is 24.5 Å². The Balaban J connectivity index is 1.99. The maximum Gasteiger partial charge on any atom is 0.122 e. The summed E-state index contributed by atoms with van der Waals surface area (Å²) in [5.74, 6) is 2.28. The van der Waals surface area contributed by atoms with Crippen LogP contribution in [0.15, 0.2) is 24.3 Å². The Morgan fingerprint density at radius 1 is 1.47 bits per heavy atom. The number of para-hydroxylation sites is 1. The molecule has 0 bridgehead atoms. The van der Waals surface area contributed by atoms with Gasteiger partial charge in [-0.2, -0.15) is 0 Å². The molecule has 0 saturated carbocycles. The molecular formula is C14H20ClNO. The second kappa shape index (κ2) is 6.27. The lowest BCUT2D eigenvalue weighted by Crippen LogP contribution is -2.35. The van der Waals surface area contributed by atoms with Crippen LogP contribution < -0.4 is 10.1 Å². The normalized spacial score (nSPS) is 20.5. The SMILES string of the molecule is CCC(CCl)NCC1CCOc2ccccc21. The molecule has 1 aliphatic heterocycles. The average Bonchev–Trinajstić information content (AvgIpc) is 2.40. The first-order chi connectivity index (χ1) is 8.35. The number of ether oxygens (including phenoxy) is 1.